The Morgan fingerprint density at radius 2 is 1.23 bits per heavy atom. The van der Waals surface area contributed by atoms with Crippen molar-refractivity contribution in [1.82, 2.24) is 41.7 Å². The minimum Gasteiger partial charge on any atom is -0.348 e. The summed E-state index contributed by atoms with van der Waals surface area (Å²) in [6, 6.07) is 26.7. The molecule has 4 aromatic carbocycles. The summed E-state index contributed by atoms with van der Waals surface area (Å²) in [5.41, 5.74) is 6.58. The van der Waals surface area contributed by atoms with Crippen LogP contribution in [0.15, 0.2) is 97.1 Å². The van der Waals surface area contributed by atoms with Gasteiger partial charge in [-0.2, -0.15) is 0 Å². The van der Waals surface area contributed by atoms with Crippen LogP contribution in [0.1, 0.15) is 141 Å². The molecule has 4 aromatic rings. The highest BCUT2D eigenvalue weighted by Gasteiger charge is 2.48. The molecule has 7 amide bonds. The van der Waals surface area contributed by atoms with Crippen molar-refractivity contribution in [3.8, 4) is 11.8 Å². The van der Waals surface area contributed by atoms with E-state index in [-0.39, 0.29) is 72.8 Å². The average Bonchev–Trinajstić information content (AvgIpc) is 4.10. The highest BCUT2D eigenvalue weighted by molar-refractivity contribution is 6.79. The number of fused-ring (bicyclic) bond motifs is 2. The Morgan fingerprint density at radius 1 is 0.675 bits per heavy atom. The molecule has 4 unspecified atom stereocenters. The van der Waals surface area contributed by atoms with Crippen LogP contribution in [-0.2, 0) is 48.0 Å². The third-order valence-electron chi connectivity index (χ3n) is 16.7. The van der Waals surface area contributed by atoms with Gasteiger partial charge in [0.15, 0.2) is 0 Å². The lowest BCUT2D eigenvalue weighted by molar-refractivity contribution is -0.144. The summed E-state index contributed by atoms with van der Waals surface area (Å²) in [5.74, 6) is 4.12. The zero-order valence-electron chi connectivity index (χ0n) is 48.2. The maximum absolute atomic E-state index is 14.7. The highest BCUT2D eigenvalue weighted by Crippen LogP contribution is 2.34. The van der Waals surface area contributed by atoms with E-state index in [0.29, 0.717) is 29.8 Å². The summed E-state index contributed by atoms with van der Waals surface area (Å²) in [7, 11) is -0.304. The molecule has 8 rings (SSSR count). The Morgan fingerprint density at radius 3 is 1.77 bits per heavy atom. The lowest BCUT2D eigenvalue weighted by Crippen LogP contribution is -2.59. The summed E-state index contributed by atoms with van der Waals surface area (Å²) in [6.45, 7) is 15.6. The Kier molecular flexibility index (Phi) is 18.9. The van der Waals surface area contributed by atoms with Gasteiger partial charge in [-0.15, -0.1) is 0 Å². The molecule has 0 aromatic heterocycles. The predicted molar refractivity (Wildman–Crippen MR) is 314 cm³/mol. The van der Waals surface area contributed by atoms with E-state index in [9.17, 15) is 33.6 Å². The topological polar surface area (TPSA) is 198 Å². The van der Waals surface area contributed by atoms with Crippen LogP contribution in [0.4, 0.5) is 0 Å². The fourth-order valence-electron chi connectivity index (χ4n) is 11.7. The number of hydrogen-bond acceptors (Lipinski definition) is 8. The van der Waals surface area contributed by atoms with Gasteiger partial charge in [0.2, 0.25) is 35.4 Å². The van der Waals surface area contributed by atoms with Gasteiger partial charge < -0.3 is 41.7 Å². The van der Waals surface area contributed by atoms with Gasteiger partial charge in [-0.05, 0) is 141 Å². The number of carbonyl (C=O) groups excluding carboxylic acids is 7. The van der Waals surface area contributed by atoms with Crippen LogP contribution in [-0.4, -0.2) is 115 Å². The molecule has 2 saturated heterocycles. The second-order valence-electron chi connectivity index (χ2n) is 24.5. The van der Waals surface area contributed by atoms with Gasteiger partial charge in [-0.3, -0.25) is 33.6 Å². The predicted octanol–water partition coefficient (Wildman–Crippen LogP) is 6.84. The van der Waals surface area contributed by atoms with E-state index in [0.717, 1.165) is 60.8 Å². The molecule has 6 N–H and O–H groups in total. The van der Waals surface area contributed by atoms with Crippen LogP contribution in [0.3, 0.4) is 0 Å². The van der Waals surface area contributed by atoms with Crippen LogP contribution < -0.4 is 31.9 Å². The number of likely N-dealkylation sites (N-methyl/N-ethyl adjacent to an activating group) is 1. The van der Waals surface area contributed by atoms with Crippen molar-refractivity contribution < 1.29 is 33.6 Å². The van der Waals surface area contributed by atoms with Crippen molar-refractivity contribution in [2.75, 3.05) is 19.8 Å². The van der Waals surface area contributed by atoms with Gasteiger partial charge in [-0.25, -0.2) is 0 Å². The SMILES string of the molecule is CC[C@@H](C)C(=O)NC(Cc1ccc(C#Cc2ccc(C(=O)NC3C[C@@H](C(=O)NC4CCCc5ccccc54)N(C(=O)[C@@H](NC(=O)[C@H](C)NC)C(C)(C)C)C3)cc2)cc1)C(=O)N1C[Si](C)(C)C[C@H]1C(=O)NC1CCCc2ccccc21. The summed E-state index contributed by atoms with van der Waals surface area (Å²) in [4.78, 5) is 102. The van der Waals surface area contributed by atoms with E-state index in [1.165, 1.54) is 16.0 Å². The number of aryl methyl sites for hydroxylation is 2. The van der Waals surface area contributed by atoms with Gasteiger partial charge in [0.1, 0.15) is 24.2 Å². The van der Waals surface area contributed by atoms with E-state index in [1.807, 2.05) is 89.2 Å². The van der Waals surface area contributed by atoms with Crippen molar-refractivity contribution >= 4 is 49.4 Å². The standard InChI is InChI=1S/C64H82N8O7Si/c1-10-40(2)57(73)69-53(62(78)72-39-80(8,9)38-55(72)61(77)68-52-24-16-20-46-18-12-14-22-50(46)52)35-44-29-27-42(28-30-44)25-26-43-31-33-47(34-32-43)59(75)66-48-36-54(60(76)67-51-23-15-19-45-17-11-13-21-49(45)51)71(37-48)63(79)56(64(4,5)6)70-58(74)41(3)65-7/h11-14,17-18,21-22,27-34,40-41,48,51-56,65H,10,15-16,19-20,23-24,35-39H2,1-9H3,(H,66,75)(H,67,76)(H,68,77)(H,69,73)(H,70,74)/t40-,41+,48?,51?,52?,53?,54+,55+,56-/m1/s1. The molecule has 0 bridgehead atoms. The fourth-order valence-corrected chi connectivity index (χ4v) is 14.6. The van der Waals surface area contributed by atoms with Gasteiger partial charge >= 0.3 is 0 Å². The first-order valence-corrected chi connectivity index (χ1v) is 32.2. The van der Waals surface area contributed by atoms with Crippen molar-refractivity contribution in [3.63, 3.8) is 0 Å². The van der Waals surface area contributed by atoms with Crippen molar-refractivity contribution in [2.24, 2.45) is 11.3 Å². The first-order chi connectivity index (χ1) is 38.1. The molecule has 9 atom stereocenters. The number of nitrogens with one attached hydrogen (secondary N) is 6. The Balaban J connectivity index is 0.926. The van der Waals surface area contributed by atoms with Crippen LogP contribution in [0.5, 0.6) is 0 Å². The van der Waals surface area contributed by atoms with E-state index >= 15 is 0 Å². The smallest absolute Gasteiger partial charge is 0.251 e. The molecule has 80 heavy (non-hydrogen) atoms. The molecule has 0 spiro atoms. The number of nitrogens with zero attached hydrogens (tertiary/aromatic N) is 2. The minimum atomic E-state index is -1.98. The molecule has 16 heteroatoms. The zero-order chi connectivity index (χ0) is 57.5. The first-order valence-electron chi connectivity index (χ1n) is 28.8. The van der Waals surface area contributed by atoms with Gasteiger partial charge in [0, 0.05) is 47.8 Å². The lowest BCUT2D eigenvalue weighted by atomic mass is 9.85. The van der Waals surface area contributed by atoms with Gasteiger partial charge in [-0.1, -0.05) is 120 Å². The van der Waals surface area contributed by atoms with Crippen molar-refractivity contribution in [2.45, 2.75) is 167 Å². The summed E-state index contributed by atoms with van der Waals surface area (Å²) < 4.78 is 0. The monoisotopic (exact) mass is 1100 g/mol. The molecule has 2 aliphatic carbocycles. The molecule has 15 nitrogen and oxygen atoms in total. The van der Waals surface area contributed by atoms with Crippen molar-refractivity contribution in [3.05, 3.63) is 142 Å². The van der Waals surface area contributed by atoms with Crippen LogP contribution >= 0.6 is 0 Å². The second kappa shape index (κ2) is 25.6. The van der Waals surface area contributed by atoms with Crippen LogP contribution in [0.2, 0.25) is 19.1 Å². The number of rotatable bonds is 16. The number of amides is 7. The Hall–Kier alpha value is -7.09. The van der Waals surface area contributed by atoms with E-state index in [1.54, 1.807) is 43.1 Å². The zero-order valence-corrected chi connectivity index (χ0v) is 49.2. The summed E-state index contributed by atoms with van der Waals surface area (Å²) in [5, 5.41) is 18.6. The molecule has 2 fully saturated rings. The highest BCUT2D eigenvalue weighted by atomic mass is 28.3. The number of likely N-dealkylation sites (tertiary alicyclic amines) is 1. The van der Waals surface area contributed by atoms with E-state index < -0.39 is 55.6 Å². The second-order valence-corrected chi connectivity index (χ2v) is 29.5. The minimum absolute atomic E-state index is 0.0772. The normalized spacial score (nSPS) is 21.7. The molecular formula is C64H82N8O7Si. The molecule has 424 valence electrons. The quantitative estimate of drug-likeness (QED) is 0.0518. The third kappa shape index (κ3) is 14.3. The number of benzene rings is 4. The first kappa shape index (κ1) is 59.0. The molecule has 2 aliphatic heterocycles. The Bertz CT molecular complexity index is 3000. The summed E-state index contributed by atoms with van der Waals surface area (Å²) >= 11 is 0. The van der Waals surface area contributed by atoms with Gasteiger partial charge in [0.05, 0.1) is 26.2 Å². The fraction of sp³-hybridized carbons (Fsp3) is 0.484. The number of hydrogen-bond donors (Lipinski definition) is 6. The van der Waals surface area contributed by atoms with E-state index in [4.69, 9.17) is 0 Å². The van der Waals surface area contributed by atoms with Crippen LogP contribution in [0, 0.1) is 23.2 Å². The average molecular weight is 1100 g/mol. The largest absolute Gasteiger partial charge is 0.348 e. The van der Waals surface area contributed by atoms with Crippen LogP contribution in [0.25, 0.3) is 0 Å². The van der Waals surface area contributed by atoms with E-state index in [2.05, 4.69) is 75.0 Å². The number of carbonyl (C=O) groups is 7. The molecular weight excluding hydrogens is 1020 g/mol. The molecule has 2 heterocycles. The van der Waals surface area contributed by atoms with Crippen molar-refractivity contribution in [1.29, 1.82) is 0 Å². The maximum atomic E-state index is 14.7. The Labute approximate surface area is 474 Å². The molecule has 0 saturated carbocycles. The van der Waals surface area contributed by atoms with Gasteiger partial charge in [0.25, 0.3) is 5.91 Å². The lowest BCUT2D eigenvalue weighted by Gasteiger charge is -2.36. The molecule has 0 radical (unpaired) electrons. The molecule has 4 aliphatic rings. The third-order valence-corrected chi connectivity index (χ3v) is 19.4. The maximum Gasteiger partial charge on any atom is 0.251 e. The summed E-state index contributed by atoms with van der Waals surface area (Å²) in [6.07, 6.45) is 7.00.